The summed E-state index contributed by atoms with van der Waals surface area (Å²) in [6.45, 7) is 3.35. The van der Waals surface area contributed by atoms with Crippen LogP contribution >= 0.6 is 23.2 Å². The zero-order valence-corrected chi connectivity index (χ0v) is 15.4. The van der Waals surface area contributed by atoms with Gasteiger partial charge in [-0.05, 0) is 37.4 Å². The van der Waals surface area contributed by atoms with Crippen molar-refractivity contribution in [1.82, 2.24) is 9.80 Å². The summed E-state index contributed by atoms with van der Waals surface area (Å²) in [7, 11) is 2.07. The van der Waals surface area contributed by atoms with Crippen LogP contribution in [-0.4, -0.2) is 48.9 Å². The maximum absolute atomic E-state index is 14.3. The average Bonchev–Trinajstić information content (AvgIpc) is 2.59. The van der Waals surface area contributed by atoms with Gasteiger partial charge in [0, 0.05) is 31.2 Å². The zero-order valence-electron chi connectivity index (χ0n) is 13.8. The van der Waals surface area contributed by atoms with Gasteiger partial charge in [-0.1, -0.05) is 35.3 Å². The minimum absolute atomic E-state index is 0.302. The Kier molecular flexibility index (Phi) is 5.78. The highest BCUT2D eigenvalue weighted by molar-refractivity contribution is 6.36. The summed E-state index contributed by atoms with van der Waals surface area (Å²) in [6.07, 6.45) is 0. The molecule has 1 aliphatic heterocycles. The Labute approximate surface area is 156 Å². The Balaban J connectivity index is 1.91. The molecule has 0 amide bonds. The molecule has 0 aromatic heterocycles. The molecular weight excluding hydrogens is 362 g/mol. The Morgan fingerprint density at radius 1 is 1.08 bits per heavy atom. The molecule has 1 aliphatic rings. The first-order valence-corrected chi connectivity index (χ1v) is 8.77. The van der Waals surface area contributed by atoms with Crippen molar-refractivity contribution >= 4 is 34.7 Å². The standard InChI is InChI=1S/C18H19Cl2FN4/c1-24-8-10-25(11-9-24)18(14-4-2-3-5-16(14)21)23-22-17-7-6-13(19)12-15(17)20/h2-7,12,22H,8-11H2,1H3/b23-18+. The lowest BCUT2D eigenvalue weighted by atomic mass is 10.1. The van der Waals surface area contributed by atoms with Crippen molar-refractivity contribution in [3.05, 3.63) is 63.9 Å². The molecule has 1 fully saturated rings. The van der Waals surface area contributed by atoms with Gasteiger partial charge in [-0.15, -0.1) is 0 Å². The molecule has 0 unspecified atom stereocenters. The molecule has 4 nitrogen and oxygen atoms in total. The number of nitrogens with one attached hydrogen (secondary N) is 1. The number of hydrogen-bond acceptors (Lipinski definition) is 3. The summed E-state index contributed by atoms with van der Waals surface area (Å²) in [4.78, 5) is 4.31. The lowest BCUT2D eigenvalue weighted by Crippen LogP contribution is -2.47. The van der Waals surface area contributed by atoms with E-state index < -0.39 is 0 Å². The maximum atomic E-state index is 14.3. The Bertz CT molecular complexity index is 773. The number of halogens is 3. The van der Waals surface area contributed by atoms with E-state index in [-0.39, 0.29) is 5.82 Å². The number of likely N-dealkylation sites (N-methyl/N-ethyl adjacent to an activating group) is 1. The second-order valence-corrected chi connectivity index (χ2v) is 6.79. The molecule has 0 radical (unpaired) electrons. The van der Waals surface area contributed by atoms with Gasteiger partial charge in [0.1, 0.15) is 5.82 Å². The van der Waals surface area contributed by atoms with Crippen molar-refractivity contribution in [2.45, 2.75) is 0 Å². The van der Waals surface area contributed by atoms with Gasteiger partial charge in [-0.3, -0.25) is 5.43 Å². The predicted octanol–water partition coefficient (Wildman–Crippen LogP) is 4.15. The molecule has 0 bridgehead atoms. The molecule has 0 aliphatic carbocycles. The first-order valence-electron chi connectivity index (χ1n) is 8.02. The molecule has 2 aromatic carbocycles. The number of piperazine rings is 1. The van der Waals surface area contributed by atoms with E-state index in [4.69, 9.17) is 23.2 Å². The summed E-state index contributed by atoms with van der Waals surface area (Å²) in [5.74, 6) is 0.265. The molecule has 0 saturated carbocycles. The van der Waals surface area contributed by atoms with Crippen molar-refractivity contribution in [3.63, 3.8) is 0 Å². The highest BCUT2D eigenvalue weighted by Crippen LogP contribution is 2.25. The van der Waals surface area contributed by atoms with E-state index in [0.29, 0.717) is 27.1 Å². The van der Waals surface area contributed by atoms with E-state index in [9.17, 15) is 4.39 Å². The minimum Gasteiger partial charge on any atom is -0.352 e. The summed E-state index contributed by atoms with van der Waals surface area (Å²) >= 11 is 12.1. The summed E-state index contributed by atoms with van der Waals surface area (Å²) in [6, 6.07) is 11.8. The molecule has 0 atom stereocenters. The van der Waals surface area contributed by atoms with E-state index in [1.807, 2.05) is 0 Å². The summed E-state index contributed by atoms with van der Waals surface area (Å²) in [5.41, 5.74) is 4.03. The zero-order chi connectivity index (χ0) is 17.8. The number of anilines is 1. The van der Waals surface area contributed by atoms with Crippen LogP contribution in [0.15, 0.2) is 47.6 Å². The van der Waals surface area contributed by atoms with Crippen LogP contribution in [0.2, 0.25) is 10.0 Å². The third-order valence-electron chi connectivity index (χ3n) is 4.13. The normalized spacial score (nSPS) is 16.2. The van der Waals surface area contributed by atoms with Crippen LogP contribution in [0.5, 0.6) is 0 Å². The van der Waals surface area contributed by atoms with E-state index in [0.717, 1.165) is 26.2 Å². The van der Waals surface area contributed by atoms with Crippen LogP contribution in [0.25, 0.3) is 0 Å². The topological polar surface area (TPSA) is 30.9 Å². The number of hydrazone groups is 1. The first-order chi connectivity index (χ1) is 12.0. The van der Waals surface area contributed by atoms with Crippen molar-refractivity contribution in [2.75, 3.05) is 38.7 Å². The second kappa shape index (κ2) is 8.04. The lowest BCUT2D eigenvalue weighted by molar-refractivity contribution is 0.215. The van der Waals surface area contributed by atoms with Crippen molar-refractivity contribution < 1.29 is 4.39 Å². The molecule has 1 heterocycles. The molecule has 25 heavy (non-hydrogen) atoms. The Morgan fingerprint density at radius 3 is 2.48 bits per heavy atom. The van der Waals surface area contributed by atoms with Gasteiger partial charge in [-0.2, -0.15) is 5.10 Å². The van der Waals surface area contributed by atoms with E-state index >= 15 is 0 Å². The number of nitrogens with zero attached hydrogens (tertiary/aromatic N) is 3. The third-order valence-corrected chi connectivity index (χ3v) is 4.68. The van der Waals surface area contributed by atoms with Gasteiger partial charge in [0.05, 0.1) is 16.3 Å². The van der Waals surface area contributed by atoms with Gasteiger partial charge in [0.15, 0.2) is 5.84 Å². The van der Waals surface area contributed by atoms with Gasteiger partial charge in [-0.25, -0.2) is 4.39 Å². The molecule has 0 spiro atoms. The molecule has 7 heteroatoms. The Morgan fingerprint density at radius 2 is 1.80 bits per heavy atom. The van der Waals surface area contributed by atoms with Gasteiger partial charge >= 0.3 is 0 Å². The quantitative estimate of drug-likeness (QED) is 0.492. The van der Waals surface area contributed by atoms with Gasteiger partial charge in [0.25, 0.3) is 0 Å². The smallest absolute Gasteiger partial charge is 0.159 e. The number of benzene rings is 2. The van der Waals surface area contributed by atoms with Gasteiger partial charge < -0.3 is 9.80 Å². The highest BCUT2D eigenvalue weighted by atomic mass is 35.5. The number of hydrogen-bond donors (Lipinski definition) is 1. The fourth-order valence-electron chi connectivity index (χ4n) is 2.66. The van der Waals surface area contributed by atoms with E-state index in [1.165, 1.54) is 6.07 Å². The third kappa shape index (κ3) is 4.42. The largest absolute Gasteiger partial charge is 0.352 e. The molecule has 132 valence electrons. The molecular formula is C18H19Cl2FN4. The van der Waals surface area contributed by atoms with Crippen molar-refractivity contribution in [1.29, 1.82) is 0 Å². The fourth-order valence-corrected chi connectivity index (χ4v) is 3.11. The minimum atomic E-state index is -0.302. The van der Waals surface area contributed by atoms with E-state index in [2.05, 4.69) is 27.4 Å². The highest BCUT2D eigenvalue weighted by Gasteiger charge is 2.21. The van der Waals surface area contributed by atoms with Crippen molar-refractivity contribution in [3.8, 4) is 0 Å². The van der Waals surface area contributed by atoms with Crippen LogP contribution < -0.4 is 5.43 Å². The average molecular weight is 381 g/mol. The fraction of sp³-hybridized carbons (Fsp3) is 0.278. The molecule has 1 N–H and O–H groups in total. The monoisotopic (exact) mass is 380 g/mol. The molecule has 2 aromatic rings. The first kappa shape index (κ1) is 18.0. The van der Waals surface area contributed by atoms with Crippen LogP contribution in [0.1, 0.15) is 5.56 Å². The van der Waals surface area contributed by atoms with Crippen LogP contribution in [0, 0.1) is 5.82 Å². The Hall–Kier alpha value is -1.82. The maximum Gasteiger partial charge on any atom is 0.159 e. The van der Waals surface area contributed by atoms with Crippen LogP contribution in [0.3, 0.4) is 0 Å². The second-order valence-electron chi connectivity index (χ2n) is 5.94. The molecule has 3 rings (SSSR count). The predicted molar refractivity (Wildman–Crippen MR) is 102 cm³/mol. The molecule has 1 saturated heterocycles. The van der Waals surface area contributed by atoms with Gasteiger partial charge in [0.2, 0.25) is 0 Å². The lowest BCUT2D eigenvalue weighted by Gasteiger charge is -2.34. The summed E-state index contributed by atoms with van der Waals surface area (Å²) < 4.78 is 14.3. The summed E-state index contributed by atoms with van der Waals surface area (Å²) in [5, 5.41) is 5.48. The van der Waals surface area contributed by atoms with Crippen LogP contribution in [-0.2, 0) is 0 Å². The van der Waals surface area contributed by atoms with E-state index in [1.54, 1.807) is 36.4 Å². The van der Waals surface area contributed by atoms with Crippen LogP contribution in [0.4, 0.5) is 10.1 Å². The van der Waals surface area contributed by atoms with Crippen molar-refractivity contribution in [2.24, 2.45) is 5.10 Å². The number of amidine groups is 1. The SMILES string of the molecule is CN1CCN(/C(=N/Nc2ccc(Cl)cc2Cl)c2ccccc2F)CC1. The number of rotatable bonds is 3.